The number of carbonyl (C=O) groups excluding carboxylic acids is 1. The second-order valence-corrected chi connectivity index (χ2v) is 6.43. The van der Waals surface area contributed by atoms with Gasteiger partial charge in [0.2, 0.25) is 5.91 Å². The molecule has 1 amide bonds. The van der Waals surface area contributed by atoms with E-state index < -0.39 is 12.1 Å². The summed E-state index contributed by atoms with van der Waals surface area (Å²) < 4.78 is 0. The second kappa shape index (κ2) is 13.5. The highest BCUT2D eigenvalue weighted by Gasteiger charge is 2.17. The predicted octanol–water partition coefficient (Wildman–Crippen LogP) is 3.34. The molecule has 4 heteroatoms. The Labute approximate surface area is 151 Å². The van der Waals surface area contributed by atoms with Crippen LogP contribution in [0.3, 0.4) is 0 Å². The highest BCUT2D eigenvalue weighted by molar-refractivity contribution is 5.76. The number of benzene rings is 1. The molecule has 0 unspecified atom stereocenters. The Hall–Kier alpha value is -1.83. The number of aliphatic hydroxyl groups is 2. The van der Waals surface area contributed by atoms with Crippen LogP contribution < -0.4 is 5.32 Å². The van der Waals surface area contributed by atoms with Crippen molar-refractivity contribution in [3.63, 3.8) is 0 Å². The van der Waals surface area contributed by atoms with E-state index in [1.54, 1.807) is 0 Å². The predicted molar refractivity (Wildman–Crippen MR) is 101 cm³/mol. The van der Waals surface area contributed by atoms with Crippen molar-refractivity contribution in [2.75, 3.05) is 6.61 Å². The number of rotatable bonds is 13. The molecule has 1 aromatic rings. The minimum atomic E-state index is -0.693. The molecular weight excluding hydrogens is 314 g/mol. The van der Waals surface area contributed by atoms with Gasteiger partial charge in [-0.15, -0.1) is 12.3 Å². The van der Waals surface area contributed by atoms with Gasteiger partial charge in [-0.1, -0.05) is 56.0 Å². The van der Waals surface area contributed by atoms with Gasteiger partial charge in [-0.25, -0.2) is 0 Å². The summed E-state index contributed by atoms with van der Waals surface area (Å²) in [6.45, 7) is -0.176. The van der Waals surface area contributed by atoms with Gasteiger partial charge in [0.15, 0.2) is 0 Å². The monoisotopic (exact) mass is 345 g/mol. The molecule has 0 heterocycles. The molecule has 138 valence electrons. The van der Waals surface area contributed by atoms with Gasteiger partial charge in [-0.05, 0) is 24.8 Å². The van der Waals surface area contributed by atoms with Gasteiger partial charge in [0.25, 0.3) is 0 Å². The first kappa shape index (κ1) is 21.2. The fourth-order valence-electron chi connectivity index (χ4n) is 2.78. The molecule has 0 radical (unpaired) electrons. The molecule has 0 fully saturated rings. The Kier molecular flexibility index (Phi) is 11.4. The summed E-state index contributed by atoms with van der Waals surface area (Å²) in [7, 11) is 0. The highest BCUT2D eigenvalue weighted by atomic mass is 16.3. The van der Waals surface area contributed by atoms with Crippen LogP contribution in [0.5, 0.6) is 0 Å². The second-order valence-electron chi connectivity index (χ2n) is 6.43. The maximum Gasteiger partial charge on any atom is 0.220 e. The lowest BCUT2D eigenvalue weighted by molar-refractivity contribution is -0.122. The zero-order valence-electron chi connectivity index (χ0n) is 15.0. The minimum Gasteiger partial charge on any atom is -0.394 e. The number of carbonyl (C=O) groups is 1. The van der Waals surface area contributed by atoms with Crippen molar-refractivity contribution in [3.05, 3.63) is 35.9 Å². The zero-order valence-corrected chi connectivity index (χ0v) is 15.0. The molecule has 0 spiro atoms. The van der Waals surface area contributed by atoms with Crippen LogP contribution in [-0.2, 0) is 4.79 Å². The molecule has 0 bridgehead atoms. The molecule has 0 aliphatic heterocycles. The number of hydrogen-bond acceptors (Lipinski definition) is 3. The smallest absolute Gasteiger partial charge is 0.220 e. The van der Waals surface area contributed by atoms with Crippen molar-refractivity contribution in [3.8, 4) is 12.3 Å². The first-order valence-electron chi connectivity index (χ1n) is 9.24. The van der Waals surface area contributed by atoms with E-state index in [4.69, 9.17) is 6.42 Å². The van der Waals surface area contributed by atoms with Crippen molar-refractivity contribution in [2.45, 2.75) is 69.9 Å². The fourth-order valence-corrected chi connectivity index (χ4v) is 2.78. The molecule has 0 saturated heterocycles. The van der Waals surface area contributed by atoms with E-state index in [-0.39, 0.29) is 12.5 Å². The molecule has 3 N–H and O–H groups in total. The molecule has 25 heavy (non-hydrogen) atoms. The maximum absolute atomic E-state index is 12.0. The third-order valence-corrected chi connectivity index (χ3v) is 4.25. The Morgan fingerprint density at radius 1 is 1.08 bits per heavy atom. The summed E-state index contributed by atoms with van der Waals surface area (Å²) in [5.41, 5.74) is 0.792. The van der Waals surface area contributed by atoms with Crippen LogP contribution in [0.1, 0.15) is 69.5 Å². The zero-order chi connectivity index (χ0) is 18.3. The van der Waals surface area contributed by atoms with Gasteiger partial charge < -0.3 is 15.5 Å². The van der Waals surface area contributed by atoms with Gasteiger partial charge in [-0.3, -0.25) is 4.79 Å². The first-order valence-corrected chi connectivity index (χ1v) is 9.24. The molecule has 0 aliphatic rings. The van der Waals surface area contributed by atoms with E-state index in [1.165, 1.54) is 0 Å². The number of hydrogen-bond donors (Lipinski definition) is 3. The number of unbranched alkanes of at least 4 members (excludes halogenated alkanes) is 6. The Bertz CT molecular complexity index is 510. The molecule has 0 aromatic heterocycles. The summed E-state index contributed by atoms with van der Waals surface area (Å²) in [6.07, 6.45) is 12.5. The van der Waals surface area contributed by atoms with Crippen molar-refractivity contribution in [1.29, 1.82) is 0 Å². The van der Waals surface area contributed by atoms with Crippen LogP contribution in [0.25, 0.3) is 0 Å². The molecule has 4 nitrogen and oxygen atoms in total. The lowest BCUT2D eigenvalue weighted by atomic mass is 10.0. The number of terminal acetylenes is 1. The van der Waals surface area contributed by atoms with Crippen molar-refractivity contribution >= 4 is 5.91 Å². The van der Waals surface area contributed by atoms with Gasteiger partial charge in [-0.2, -0.15) is 0 Å². The normalized spacial score (nSPS) is 13.0. The summed E-state index contributed by atoms with van der Waals surface area (Å²) in [5, 5.41) is 22.5. The summed E-state index contributed by atoms with van der Waals surface area (Å²) in [5.74, 6) is 2.58. The van der Waals surface area contributed by atoms with Crippen LogP contribution in [0.15, 0.2) is 30.3 Å². The molecule has 2 atom stereocenters. The SMILES string of the molecule is C#CCCCCCCCCC(=O)N[C@@H](CO)C[C@H](O)c1ccccc1. The largest absolute Gasteiger partial charge is 0.394 e. The Morgan fingerprint density at radius 3 is 2.36 bits per heavy atom. The average Bonchev–Trinajstić information content (AvgIpc) is 2.64. The number of nitrogens with one attached hydrogen (secondary N) is 1. The summed E-state index contributed by atoms with van der Waals surface area (Å²) >= 11 is 0. The number of aliphatic hydroxyl groups excluding tert-OH is 2. The van der Waals surface area contributed by atoms with Gasteiger partial charge >= 0.3 is 0 Å². The van der Waals surface area contributed by atoms with E-state index >= 15 is 0 Å². The maximum atomic E-state index is 12.0. The van der Waals surface area contributed by atoms with Gasteiger partial charge in [0.1, 0.15) is 0 Å². The fraction of sp³-hybridized carbons (Fsp3) is 0.571. The molecular formula is C21H31NO3. The van der Waals surface area contributed by atoms with Crippen LogP contribution in [0.4, 0.5) is 0 Å². The van der Waals surface area contributed by atoms with E-state index in [9.17, 15) is 15.0 Å². The molecule has 0 aliphatic carbocycles. The van der Waals surface area contributed by atoms with E-state index in [0.29, 0.717) is 12.8 Å². The molecule has 1 rings (SSSR count). The van der Waals surface area contributed by atoms with Gasteiger partial charge in [0.05, 0.1) is 18.8 Å². The lowest BCUT2D eigenvalue weighted by Gasteiger charge is -2.20. The third kappa shape index (κ3) is 9.91. The highest BCUT2D eigenvalue weighted by Crippen LogP contribution is 2.18. The van der Waals surface area contributed by atoms with Crippen molar-refractivity contribution < 1.29 is 15.0 Å². The summed E-state index contributed by atoms with van der Waals surface area (Å²) in [6, 6.07) is 8.85. The van der Waals surface area contributed by atoms with Crippen molar-refractivity contribution in [1.82, 2.24) is 5.32 Å². The molecule has 0 saturated carbocycles. The van der Waals surface area contributed by atoms with Gasteiger partial charge in [0, 0.05) is 12.8 Å². The van der Waals surface area contributed by atoms with Crippen LogP contribution in [-0.4, -0.2) is 28.8 Å². The van der Waals surface area contributed by atoms with Crippen molar-refractivity contribution in [2.24, 2.45) is 0 Å². The number of amides is 1. The Morgan fingerprint density at radius 2 is 1.72 bits per heavy atom. The van der Waals surface area contributed by atoms with Crippen LogP contribution in [0.2, 0.25) is 0 Å². The molecule has 1 aromatic carbocycles. The first-order chi connectivity index (χ1) is 12.2. The third-order valence-electron chi connectivity index (χ3n) is 4.25. The van der Waals surface area contributed by atoms with E-state index in [1.807, 2.05) is 30.3 Å². The minimum absolute atomic E-state index is 0.0633. The average molecular weight is 345 g/mol. The van der Waals surface area contributed by atoms with E-state index in [2.05, 4.69) is 11.2 Å². The quantitative estimate of drug-likeness (QED) is 0.379. The van der Waals surface area contributed by atoms with Crippen LogP contribution in [0, 0.1) is 12.3 Å². The lowest BCUT2D eigenvalue weighted by Crippen LogP contribution is -2.38. The standard InChI is InChI=1S/C21H31NO3/c1-2-3-4-5-6-7-8-12-15-21(25)22-19(17-23)16-20(24)18-13-10-9-11-14-18/h1,9-11,13-14,19-20,23-24H,3-8,12,15-17H2,(H,22,25)/t19-,20+/m1/s1. The Balaban J connectivity index is 2.17. The topological polar surface area (TPSA) is 69.6 Å². The van der Waals surface area contributed by atoms with E-state index in [0.717, 1.165) is 50.5 Å². The summed E-state index contributed by atoms with van der Waals surface area (Å²) in [4.78, 5) is 12.0. The van der Waals surface area contributed by atoms with Crippen LogP contribution >= 0.6 is 0 Å².